The highest BCUT2D eigenvalue weighted by Gasteiger charge is 2.20. The smallest absolute Gasteiger partial charge is 0.138 e. The van der Waals surface area contributed by atoms with Crippen LogP contribution in [0.4, 0.5) is 0 Å². The fraction of sp³-hybridized carbons (Fsp3) is 0.944. The summed E-state index contributed by atoms with van der Waals surface area (Å²) in [7, 11) is 1.90. The van der Waals surface area contributed by atoms with Crippen LogP contribution in [0.25, 0.3) is 0 Å². The Balaban J connectivity index is 1.75. The molecule has 0 unspecified atom stereocenters. The zero-order chi connectivity index (χ0) is 17.3. The third-order valence-electron chi connectivity index (χ3n) is 4.17. The van der Waals surface area contributed by atoms with E-state index in [9.17, 15) is 4.79 Å². The molecule has 0 aromatic heterocycles. The second-order valence-electron chi connectivity index (χ2n) is 6.10. The minimum absolute atomic E-state index is 0.290. The Morgan fingerprint density at radius 1 is 0.792 bits per heavy atom. The van der Waals surface area contributed by atoms with E-state index in [0.717, 1.165) is 19.4 Å². The van der Waals surface area contributed by atoms with Crippen LogP contribution in [0.1, 0.15) is 38.5 Å². The van der Waals surface area contributed by atoms with Crippen LogP contribution in [0.3, 0.4) is 0 Å². The number of ether oxygens (including phenoxy) is 4. The third-order valence-corrected chi connectivity index (χ3v) is 4.17. The molecule has 1 aliphatic rings. The zero-order valence-corrected chi connectivity index (χ0v) is 15.2. The Kier molecular flexibility index (Phi) is 14.3. The van der Waals surface area contributed by atoms with Crippen molar-refractivity contribution in [1.29, 1.82) is 0 Å². The van der Waals surface area contributed by atoms with E-state index in [0.29, 0.717) is 65.1 Å². The summed E-state index contributed by atoms with van der Waals surface area (Å²) in [5, 5.41) is 3.01. The highest BCUT2D eigenvalue weighted by Crippen LogP contribution is 2.25. The Hall–Kier alpha value is -0.530. The Morgan fingerprint density at radius 3 is 1.83 bits per heavy atom. The lowest BCUT2D eigenvalue weighted by Crippen LogP contribution is -2.19. The van der Waals surface area contributed by atoms with Crippen LogP contribution in [0.2, 0.25) is 0 Å². The van der Waals surface area contributed by atoms with Crippen molar-refractivity contribution in [3.63, 3.8) is 0 Å². The molecule has 0 amide bonds. The molecule has 0 radical (unpaired) electrons. The van der Waals surface area contributed by atoms with Gasteiger partial charge in [0.05, 0.1) is 52.9 Å². The van der Waals surface area contributed by atoms with Crippen LogP contribution in [0, 0.1) is 5.92 Å². The molecule has 1 rings (SSSR count). The van der Waals surface area contributed by atoms with Gasteiger partial charge in [0.15, 0.2) is 0 Å². The zero-order valence-electron chi connectivity index (χ0n) is 15.2. The van der Waals surface area contributed by atoms with Gasteiger partial charge in [-0.3, -0.25) is 4.79 Å². The summed E-state index contributed by atoms with van der Waals surface area (Å²) in [5.41, 5.74) is 0. The van der Waals surface area contributed by atoms with Gasteiger partial charge >= 0.3 is 0 Å². The van der Waals surface area contributed by atoms with E-state index in [1.807, 2.05) is 7.05 Å². The maximum absolute atomic E-state index is 12.0. The summed E-state index contributed by atoms with van der Waals surface area (Å²) in [5.74, 6) is 0.666. The molecule has 1 fully saturated rings. The summed E-state index contributed by atoms with van der Waals surface area (Å²) >= 11 is 0. The average Bonchev–Trinajstić information content (AvgIpc) is 2.62. The second-order valence-corrected chi connectivity index (χ2v) is 6.10. The summed E-state index contributed by atoms with van der Waals surface area (Å²) in [6.45, 7) is 5.47. The fourth-order valence-corrected chi connectivity index (χ4v) is 2.74. The number of hydrogen-bond donors (Lipinski definition) is 1. The maximum atomic E-state index is 12.0. The molecule has 0 aromatic rings. The van der Waals surface area contributed by atoms with Gasteiger partial charge in [-0.2, -0.15) is 0 Å². The Bertz CT molecular complexity index is 295. The number of carbonyl (C=O) groups is 1. The molecule has 1 N–H and O–H groups in total. The SMILES string of the molecule is CNCCOCCOCCOCCOCCC(=O)C1CCCCC1. The van der Waals surface area contributed by atoms with E-state index in [4.69, 9.17) is 18.9 Å². The van der Waals surface area contributed by atoms with Gasteiger partial charge in [-0.1, -0.05) is 19.3 Å². The molecule has 0 bridgehead atoms. The number of nitrogens with one attached hydrogen (secondary N) is 1. The molecule has 0 heterocycles. The molecule has 0 spiro atoms. The third kappa shape index (κ3) is 11.9. The topological polar surface area (TPSA) is 66.0 Å². The normalized spacial score (nSPS) is 15.7. The quantitative estimate of drug-likeness (QED) is 0.430. The molecule has 6 heteroatoms. The van der Waals surface area contributed by atoms with Crippen molar-refractivity contribution in [2.75, 3.05) is 66.4 Å². The first-order valence-electron chi connectivity index (χ1n) is 9.33. The van der Waals surface area contributed by atoms with Crippen molar-refractivity contribution in [2.45, 2.75) is 38.5 Å². The molecule has 0 aromatic carbocycles. The Morgan fingerprint density at radius 2 is 1.29 bits per heavy atom. The fourth-order valence-electron chi connectivity index (χ4n) is 2.74. The number of likely N-dealkylation sites (N-methyl/N-ethyl adjacent to an activating group) is 1. The molecule has 0 aliphatic heterocycles. The van der Waals surface area contributed by atoms with Gasteiger partial charge in [0.25, 0.3) is 0 Å². The molecular weight excluding hydrogens is 310 g/mol. The molecule has 6 nitrogen and oxygen atoms in total. The number of ketones is 1. The standard InChI is InChI=1S/C18H35NO5/c1-19-8-10-22-12-14-24-16-15-23-13-11-21-9-7-18(20)17-5-3-2-4-6-17/h17,19H,2-16H2,1H3. The van der Waals surface area contributed by atoms with Crippen molar-refractivity contribution in [1.82, 2.24) is 5.32 Å². The van der Waals surface area contributed by atoms with Gasteiger partial charge in [0.2, 0.25) is 0 Å². The van der Waals surface area contributed by atoms with E-state index in [1.54, 1.807) is 0 Å². The van der Waals surface area contributed by atoms with Crippen LogP contribution in [-0.4, -0.2) is 72.2 Å². The van der Waals surface area contributed by atoms with Crippen molar-refractivity contribution in [3.05, 3.63) is 0 Å². The summed E-state index contributed by atoms with van der Waals surface area (Å²) in [6.07, 6.45) is 6.38. The first-order chi connectivity index (χ1) is 11.8. The minimum atomic E-state index is 0.290. The van der Waals surface area contributed by atoms with E-state index < -0.39 is 0 Å². The second kappa shape index (κ2) is 16.0. The van der Waals surface area contributed by atoms with Crippen molar-refractivity contribution in [2.24, 2.45) is 5.92 Å². The molecule has 1 aliphatic carbocycles. The van der Waals surface area contributed by atoms with Crippen molar-refractivity contribution < 1.29 is 23.7 Å². The highest BCUT2D eigenvalue weighted by atomic mass is 16.6. The number of rotatable bonds is 16. The number of hydrogen-bond acceptors (Lipinski definition) is 6. The first-order valence-corrected chi connectivity index (χ1v) is 9.33. The number of carbonyl (C=O) groups excluding carboxylic acids is 1. The van der Waals surface area contributed by atoms with Crippen LogP contribution >= 0.6 is 0 Å². The van der Waals surface area contributed by atoms with Gasteiger partial charge < -0.3 is 24.3 Å². The maximum Gasteiger partial charge on any atom is 0.138 e. The molecule has 1 saturated carbocycles. The minimum Gasteiger partial charge on any atom is -0.379 e. The largest absolute Gasteiger partial charge is 0.379 e. The van der Waals surface area contributed by atoms with Crippen LogP contribution < -0.4 is 5.32 Å². The van der Waals surface area contributed by atoms with Gasteiger partial charge in [0.1, 0.15) is 5.78 Å². The lowest BCUT2D eigenvalue weighted by Gasteiger charge is -2.20. The Labute approximate surface area is 146 Å². The first kappa shape index (κ1) is 21.5. The van der Waals surface area contributed by atoms with Crippen LogP contribution in [0.5, 0.6) is 0 Å². The summed E-state index contributed by atoms with van der Waals surface area (Å²) in [6, 6.07) is 0. The summed E-state index contributed by atoms with van der Waals surface area (Å²) < 4.78 is 21.6. The number of Topliss-reactive ketones (excluding diaryl/α,β-unsaturated/α-hetero) is 1. The van der Waals surface area contributed by atoms with E-state index >= 15 is 0 Å². The van der Waals surface area contributed by atoms with Crippen LogP contribution in [-0.2, 0) is 23.7 Å². The van der Waals surface area contributed by atoms with E-state index in [-0.39, 0.29) is 5.92 Å². The lowest BCUT2D eigenvalue weighted by molar-refractivity contribution is -0.125. The van der Waals surface area contributed by atoms with Gasteiger partial charge in [0, 0.05) is 18.9 Å². The molecule has 142 valence electrons. The lowest BCUT2D eigenvalue weighted by atomic mass is 9.85. The van der Waals surface area contributed by atoms with E-state index in [2.05, 4.69) is 5.32 Å². The van der Waals surface area contributed by atoms with Crippen molar-refractivity contribution >= 4 is 5.78 Å². The molecule has 24 heavy (non-hydrogen) atoms. The predicted molar refractivity (Wildman–Crippen MR) is 93.4 cm³/mol. The van der Waals surface area contributed by atoms with Crippen LogP contribution in [0.15, 0.2) is 0 Å². The molecule has 0 saturated heterocycles. The van der Waals surface area contributed by atoms with Gasteiger partial charge in [-0.15, -0.1) is 0 Å². The average molecular weight is 345 g/mol. The highest BCUT2D eigenvalue weighted by molar-refractivity contribution is 5.81. The molecule has 0 atom stereocenters. The molecular formula is C18H35NO5. The monoisotopic (exact) mass is 345 g/mol. The summed E-state index contributed by atoms with van der Waals surface area (Å²) in [4.78, 5) is 12.0. The van der Waals surface area contributed by atoms with Gasteiger partial charge in [-0.05, 0) is 19.9 Å². The van der Waals surface area contributed by atoms with E-state index in [1.165, 1.54) is 19.3 Å². The predicted octanol–water partition coefficient (Wildman–Crippen LogP) is 1.81. The van der Waals surface area contributed by atoms with Gasteiger partial charge in [-0.25, -0.2) is 0 Å². The van der Waals surface area contributed by atoms with Crippen molar-refractivity contribution in [3.8, 4) is 0 Å².